The van der Waals surface area contributed by atoms with E-state index in [0.29, 0.717) is 0 Å². The van der Waals surface area contributed by atoms with Crippen molar-refractivity contribution in [3.63, 3.8) is 0 Å². The third-order valence-corrected chi connectivity index (χ3v) is 3.02. The van der Waals surface area contributed by atoms with Crippen molar-refractivity contribution in [1.29, 1.82) is 0 Å². The van der Waals surface area contributed by atoms with Crippen LogP contribution in [0.4, 0.5) is 0 Å². The lowest BCUT2D eigenvalue weighted by molar-refractivity contribution is 0.477. The van der Waals surface area contributed by atoms with Gasteiger partial charge in [0.2, 0.25) is 0 Å². The van der Waals surface area contributed by atoms with Gasteiger partial charge in [-0.1, -0.05) is 36.8 Å². The van der Waals surface area contributed by atoms with Crippen molar-refractivity contribution in [3.8, 4) is 0 Å². The minimum Gasteiger partial charge on any atom is -0.316 e. The molecule has 1 aliphatic heterocycles. The minimum atomic E-state index is 0.847. The van der Waals surface area contributed by atoms with Crippen LogP contribution in [0, 0.1) is 5.92 Å². The van der Waals surface area contributed by atoms with Crippen molar-refractivity contribution in [3.05, 3.63) is 35.9 Å². The van der Waals surface area contributed by atoms with Crippen LogP contribution in [0.15, 0.2) is 30.3 Å². The topological polar surface area (TPSA) is 12.0 Å². The molecular formula is C13H19N. The van der Waals surface area contributed by atoms with E-state index in [9.17, 15) is 0 Å². The summed E-state index contributed by atoms with van der Waals surface area (Å²) in [6.07, 6.45) is 5.38. The first-order valence-corrected chi connectivity index (χ1v) is 5.70. The molecule has 1 heteroatoms. The monoisotopic (exact) mass is 189 g/mol. The Labute approximate surface area is 86.5 Å². The normalized spacial score (nSPS) is 23.0. The lowest BCUT2D eigenvalue weighted by Gasteiger charge is -2.13. The Morgan fingerprint density at radius 3 is 2.86 bits per heavy atom. The number of nitrogens with one attached hydrogen (secondary N) is 1. The molecule has 1 atom stereocenters. The summed E-state index contributed by atoms with van der Waals surface area (Å²) in [5.74, 6) is 0.847. The summed E-state index contributed by atoms with van der Waals surface area (Å²) in [5, 5.41) is 3.52. The summed E-state index contributed by atoms with van der Waals surface area (Å²) < 4.78 is 0. The fourth-order valence-corrected chi connectivity index (χ4v) is 2.21. The van der Waals surface area contributed by atoms with Gasteiger partial charge in [-0.2, -0.15) is 0 Å². The van der Waals surface area contributed by atoms with Crippen LogP contribution in [0.1, 0.15) is 24.8 Å². The molecule has 1 aliphatic rings. The van der Waals surface area contributed by atoms with E-state index in [0.717, 1.165) is 5.92 Å². The Hall–Kier alpha value is -0.820. The van der Waals surface area contributed by atoms with Crippen molar-refractivity contribution in [2.24, 2.45) is 5.92 Å². The highest BCUT2D eigenvalue weighted by molar-refractivity contribution is 5.15. The van der Waals surface area contributed by atoms with Crippen LogP contribution in [0.25, 0.3) is 0 Å². The molecule has 1 saturated heterocycles. The van der Waals surface area contributed by atoms with Crippen LogP contribution in [-0.4, -0.2) is 13.1 Å². The maximum atomic E-state index is 3.52. The van der Waals surface area contributed by atoms with E-state index in [-0.39, 0.29) is 0 Å². The van der Waals surface area contributed by atoms with E-state index in [2.05, 4.69) is 35.6 Å². The third-order valence-electron chi connectivity index (χ3n) is 3.02. The molecular weight excluding hydrogens is 170 g/mol. The van der Waals surface area contributed by atoms with Crippen LogP contribution in [0.3, 0.4) is 0 Å². The molecule has 1 N–H and O–H groups in total. The Kier molecular flexibility index (Phi) is 3.58. The first-order chi connectivity index (χ1) is 6.95. The molecule has 1 aromatic carbocycles. The molecule has 1 aromatic rings. The molecule has 0 bridgehead atoms. The van der Waals surface area contributed by atoms with Crippen molar-refractivity contribution in [2.45, 2.75) is 25.7 Å². The second kappa shape index (κ2) is 5.16. The zero-order chi connectivity index (χ0) is 9.64. The molecule has 0 amide bonds. The van der Waals surface area contributed by atoms with E-state index >= 15 is 0 Å². The number of hydrogen-bond donors (Lipinski definition) is 1. The Morgan fingerprint density at radius 1 is 1.14 bits per heavy atom. The molecule has 0 aromatic heterocycles. The molecule has 0 radical (unpaired) electrons. The van der Waals surface area contributed by atoms with Gasteiger partial charge in [0.05, 0.1) is 0 Å². The quantitative estimate of drug-likeness (QED) is 0.754. The predicted octanol–water partition coefficient (Wildman–Crippen LogP) is 2.62. The molecule has 0 aliphatic carbocycles. The van der Waals surface area contributed by atoms with Crippen LogP contribution in [-0.2, 0) is 6.42 Å². The highest BCUT2D eigenvalue weighted by atomic mass is 14.9. The molecule has 1 fully saturated rings. The fourth-order valence-electron chi connectivity index (χ4n) is 2.21. The summed E-state index contributed by atoms with van der Waals surface area (Å²) in [6, 6.07) is 10.9. The average molecular weight is 189 g/mol. The zero-order valence-electron chi connectivity index (χ0n) is 8.71. The predicted molar refractivity (Wildman–Crippen MR) is 60.4 cm³/mol. The zero-order valence-corrected chi connectivity index (χ0v) is 8.71. The highest BCUT2D eigenvalue weighted by Crippen LogP contribution is 2.16. The Morgan fingerprint density at radius 2 is 2.00 bits per heavy atom. The van der Waals surface area contributed by atoms with Gasteiger partial charge in [0, 0.05) is 0 Å². The molecule has 0 spiro atoms. The highest BCUT2D eigenvalue weighted by Gasteiger charge is 2.11. The smallest absolute Gasteiger partial charge is 0.00173 e. The SMILES string of the molecule is c1ccc(CC2CCCCNC2)cc1. The molecule has 14 heavy (non-hydrogen) atoms. The van der Waals surface area contributed by atoms with E-state index in [1.165, 1.54) is 44.3 Å². The van der Waals surface area contributed by atoms with Gasteiger partial charge >= 0.3 is 0 Å². The van der Waals surface area contributed by atoms with Crippen LogP contribution >= 0.6 is 0 Å². The lowest BCUT2D eigenvalue weighted by atomic mass is 9.95. The third kappa shape index (κ3) is 2.85. The van der Waals surface area contributed by atoms with Crippen molar-refractivity contribution in [1.82, 2.24) is 5.32 Å². The fraction of sp³-hybridized carbons (Fsp3) is 0.538. The summed E-state index contributed by atoms with van der Waals surface area (Å²) in [5.41, 5.74) is 1.49. The van der Waals surface area contributed by atoms with E-state index in [1.54, 1.807) is 0 Å². The summed E-state index contributed by atoms with van der Waals surface area (Å²) >= 11 is 0. The first-order valence-electron chi connectivity index (χ1n) is 5.70. The van der Waals surface area contributed by atoms with Gasteiger partial charge in [0.15, 0.2) is 0 Å². The van der Waals surface area contributed by atoms with Gasteiger partial charge in [-0.25, -0.2) is 0 Å². The number of rotatable bonds is 2. The van der Waals surface area contributed by atoms with Gasteiger partial charge in [-0.3, -0.25) is 0 Å². The largest absolute Gasteiger partial charge is 0.316 e. The molecule has 0 saturated carbocycles. The van der Waals surface area contributed by atoms with Gasteiger partial charge in [0.25, 0.3) is 0 Å². The summed E-state index contributed by atoms with van der Waals surface area (Å²) in [4.78, 5) is 0. The van der Waals surface area contributed by atoms with E-state index < -0.39 is 0 Å². The number of benzene rings is 1. The summed E-state index contributed by atoms with van der Waals surface area (Å²) in [7, 11) is 0. The Balaban J connectivity index is 1.90. The molecule has 1 nitrogen and oxygen atoms in total. The maximum absolute atomic E-state index is 3.52. The second-order valence-electron chi connectivity index (χ2n) is 4.26. The molecule has 1 unspecified atom stereocenters. The van der Waals surface area contributed by atoms with E-state index in [4.69, 9.17) is 0 Å². The number of hydrogen-bond acceptors (Lipinski definition) is 1. The molecule has 2 rings (SSSR count). The van der Waals surface area contributed by atoms with Crippen LogP contribution in [0.5, 0.6) is 0 Å². The lowest BCUT2D eigenvalue weighted by Crippen LogP contribution is -2.21. The van der Waals surface area contributed by atoms with Gasteiger partial charge < -0.3 is 5.32 Å². The van der Waals surface area contributed by atoms with Gasteiger partial charge in [0.1, 0.15) is 0 Å². The van der Waals surface area contributed by atoms with Gasteiger partial charge in [-0.15, -0.1) is 0 Å². The maximum Gasteiger partial charge on any atom is -0.00173 e. The van der Waals surface area contributed by atoms with Crippen LogP contribution in [0.2, 0.25) is 0 Å². The molecule has 1 heterocycles. The standard InChI is InChI=1S/C13H19N/c1-2-6-12(7-3-1)10-13-8-4-5-9-14-11-13/h1-3,6-7,13-14H,4-5,8-11H2. The minimum absolute atomic E-state index is 0.847. The van der Waals surface area contributed by atoms with E-state index in [1.807, 2.05) is 0 Å². The first kappa shape index (κ1) is 9.72. The summed E-state index contributed by atoms with van der Waals surface area (Å²) in [6.45, 7) is 2.42. The van der Waals surface area contributed by atoms with Crippen molar-refractivity contribution in [2.75, 3.05) is 13.1 Å². The van der Waals surface area contributed by atoms with Crippen LogP contribution < -0.4 is 5.32 Å². The average Bonchev–Trinajstić information content (AvgIpc) is 2.48. The van der Waals surface area contributed by atoms with Crippen molar-refractivity contribution < 1.29 is 0 Å². The Bertz CT molecular complexity index is 247. The van der Waals surface area contributed by atoms with Gasteiger partial charge in [-0.05, 0) is 43.8 Å². The van der Waals surface area contributed by atoms with Crippen molar-refractivity contribution >= 4 is 0 Å². The second-order valence-corrected chi connectivity index (χ2v) is 4.26. The molecule has 76 valence electrons.